The fraction of sp³-hybridized carbons (Fsp3) is 0.929. The number of aliphatic hydroxyl groups is 1. The molecule has 0 amide bonds. The van der Waals surface area contributed by atoms with Crippen LogP contribution in [-0.2, 0) is 14.5 Å². The van der Waals surface area contributed by atoms with Crippen molar-refractivity contribution in [2.24, 2.45) is 40.4 Å². The summed E-state index contributed by atoms with van der Waals surface area (Å²) in [6.45, 7) is 12.1. The molecule has 32 heavy (non-hydrogen) atoms. The van der Waals surface area contributed by atoms with Crippen molar-refractivity contribution < 1.29 is 19.6 Å². The van der Waals surface area contributed by atoms with Crippen molar-refractivity contribution in [3.63, 3.8) is 0 Å². The number of ether oxygens (including phenoxy) is 1. The van der Waals surface area contributed by atoms with Gasteiger partial charge in [-0.25, -0.2) is 9.78 Å². The van der Waals surface area contributed by atoms with Crippen molar-refractivity contribution in [1.29, 1.82) is 0 Å². The Morgan fingerprint density at radius 1 is 0.969 bits per heavy atom. The zero-order chi connectivity index (χ0) is 22.5. The van der Waals surface area contributed by atoms with Gasteiger partial charge in [0.15, 0.2) is 0 Å². The lowest BCUT2D eigenvalue weighted by Gasteiger charge is -2.69. The number of hydrogen-bond acceptors (Lipinski definition) is 4. The number of fused-ring (bicyclic) bond motifs is 2. The Balaban J connectivity index is 1.28. The first kappa shape index (κ1) is 22.1. The van der Waals surface area contributed by atoms with Crippen LogP contribution < -0.4 is 0 Å². The van der Waals surface area contributed by atoms with E-state index in [2.05, 4.69) is 46.8 Å². The third kappa shape index (κ3) is 2.64. The molecule has 0 aromatic heterocycles. The minimum Gasteiger partial charge on any atom is -0.393 e. The van der Waals surface area contributed by atoms with Crippen molar-refractivity contribution in [3.8, 4) is 0 Å². The fourth-order valence-corrected chi connectivity index (χ4v) is 9.87. The molecule has 180 valence electrons. The molecular formula is C28H44O4. The van der Waals surface area contributed by atoms with Gasteiger partial charge in [0.1, 0.15) is 11.2 Å². The summed E-state index contributed by atoms with van der Waals surface area (Å²) in [4.78, 5) is 12.8. The molecule has 3 aliphatic heterocycles. The minimum absolute atomic E-state index is 0.0601. The Morgan fingerprint density at radius 2 is 1.78 bits per heavy atom. The Bertz CT molecular complexity index is 796. The predicted octanol–water partition coefficient (Wildman–Crippen LogP) is 5.83. The maximum absolute atomic E-state index is 10.4. The van der Waals surface area contributed by atoms with Crippen LogP contribution in [0.4, 0.5) is 0 Å². The molecule has 2 bridgehead atoms. The lowest BCUT2D eigenvalue weighted by atomic mass is 9.42. The molecule has 5 fully saturated rings. The zero-order valence-corrected chi connectivity index (χ0v) is 20.8. The summed E-state index contributed by atoms with van der Waals surface area (Å²) in [5.41, 5.74) is -0.402. The Morgan fingerprint density at radius 3 is 2.50 bits per heavy atom. The van der Waals surface area contributed by atoms with Crippen molar-refractivity contribution >= 4 is 0 Å². The number of epoxide rings is 1. The number of hydrogen-bond donors (Lipinski definition) is 1. The molecule has 0 radical (unpaired) electrons. The van der Waals surface area contributed by atoms with Gasteiger partial charge in [-0.15, -0.1) is 0 Å². The van der Waals surface area contributed by atoms with E-state index in [9.17, 15) is 5.11 Å². The molecule has 3 saturated carbocycles. The van der Waals surface area contributed by atoms with E-state index in [0.717, 1.165) is 12.8 Å². The third-order valence-electron chi connectivity index (χ3n) is 11.7. The van der Waals surface area contributed by atoms with E-state index in [1.807, 2.05) is 0 Å². The summed E-state index contributed by atoms with van der Waals surface area (Å²) < 4.78 is 6.30. The molecule has 1 N–H and O–H groups in total. The van der Waals surface area contributed by atoms with Gasteiger partial charge in [-0.1, -0.05) is 47.1 Å². The second kappa shape index (κ2) is 7.06. The molecule has 7 rings (SSSR count). The molecule has 12 atom stereocenters. The van der Waals surface area contributed by atoms with Crippen molar-refractivity contribution in [3.05, 3.63) is 12.2 Å². The van der Waals surface area contributed by atoms with Crippen LogP contribution in [0.3, 0.4) is 0 Å². The van der Waals surface area contributed by atoms with Gasteiger partial charge < -0.3 is 9.84 Å². The molecule has 7 aliphatic rings. The molecule has 2 unspecified atom stereocenters. The highest BCUT2D eigenvalue weighted by atomic mass is 17.2. The van der Waals surface area contributed by atoms with Crippen LogP contribution in [-0.4, -0.2) is 34.6 Å². The first-order valence-electron chi connectivity index (χ1n) is 13.6. The quantitative estimate of drug-likeness (QED) is 0.329. The van der Waals surface area contributed by atoms with Gasteiger partial charge in [0.05, 0.1) is 18.3 Å². The van der Waals surface area contributed by atoms with Gasteiger partial charge in [0, 0.05) is 23.7 Å². The van der Waals surface area contributed by atoms with E-state index in [1.165, 1.54) is 38.5 Å². The highest BCUT2D eigenvalue weighted by Gasteiger charge is 2.74. The van der Waals surface area contributed by atoms with Crippen LogP contribution in [0, 0.1) is 40.4 Å². The fourth-order valence-electron chi connectivity index (χ4n) is 9.87. The van der Waals surface area contributed by atoms with Gasteiger partial charge in [0.25, 0.3) is 0 Å². The Kier molecular flexibility index (Phi) is 4.87. The number of rotatable bonds is 5. The van der Waals surface area contributed by atoms with Gasteiger partial charge in [-0.3, -0.25) is 0 Å². The SMILES string of the molecule is CCC[C@@H](C)C1OC1[C@@H](C)[C@H]1CC[C@@H]2[C@]1(C)CC[C@H]1[C@]23C=C[C@]2(C[C@@H](O)CC[C@]12C)OO3. The lowest BCUT2D eigenvalue weighted by molar-refractivity contribution is -0.497. The van der Waals surface area contributed by atoms with Crippen molar-refractivity contribution in [2.45, 2.75) is 122 Å². The smallest absolute Gasteiger partial charge is 0.130 e. The third-order valence-corrected chi connectivity index (χ3v) is 11.7. The highest BCUT2D eigenvalue weighted by molar-refractivity contribution is 5.33. The summed E-state index contributed by atoms with van der Waals surface area (Å²) in [6.07, 6.45) is 15.5. The minimum atomic E-state index is -0.444. The molecular weight excluding hydrogens is 400 g/mol. The second-order valence-electron chi connectivity index (χ2n) is 13.1. The van der Waals surface area contributed by atoms with E-state index in [4.69, 9.17) is 14.5 Å². The summed E-state index contributed by atoms with van der Waals surface area (Å²) in [7, 11) is 0. The molecule has 4 nitrogen and oxygen atoms in total. The molecule has 0 aromatic rings. The van der Waals surface area contributed by atoms with E-state index in [-0.39, 0.29) is 22.5 Å². The molecule has 4 heteroatoms. The Labute approximate surface area is 194 Å². The molecule has 4 aliphatic carbocycles. The second-order valence-corrected chi connectivity index (χ2v) is 13.1. The predicted molar refractivity (Wildman–Crippen MR) is 124 cm³/mol. The van der Waals surface area contributed by atoms with Gasteiger partial charge >= 0.3 is 0 Å². The van der Waals surface area contributed by atoms with Crippen molar-refractivity contribution in [1.82, 2.24) is 0 Å². The summed E-state index contributed by atoms with van der Waals surface area (Å²) in [6, 6.07) is 0. The normalized spacial score (nSPS) is 57.4. The van der Waals surface area contributed by atoms with Crippen LogP contribution in [0.15, 0.2) is 12.2 Å². The van der Waals surface area contributed by atoms with Crippen LogP contribution in [0.25, 0.3) is 0 Å². The molecule has 2 saturated heterocycles. The maximum atomic E-state index is 10.4. The summed E-state index contributed by atoms with van der Waals surface area (Å²) in [5, 5.41) is 10.4. The number of aliphatic hydroxyl groups excluding tert-OH is 1. The average molecular weight is 445 g/mol. The standard InChI is InChI=1S/C28H44O4/c1-6-7-17(2)23-24(30-23)18(3)20-8-9-21-25(20,4)12-11-22-26(5)13-10-19(29)16-27(26)14-15-28(21,22)32-31-27/h14-15,17-24,29H,6-13,16H2,1-5H3/t17-,18+,19+,20-,21-,22-,23?,24?,25-,26-,27-,28+/m1/s1. The molecule has 2 spiro atoms. The van der Waals surface area contributed by atoms with Gasteiger partial charge in [0.2, 0.25) is 0 Å². The van der Waals surface area contributed by atoms with Crippen molar-refractivity contribution in [2.75, 3.05) is 0 Å². The zero-order valence-electron chi connectivity index (χ0n) is 20.8. The molecule has 3 heterocycles. The highest BCUT2D eigenvalue weighted by Crippen LogP contribution is 2.73. The van der Waals surface area contributed by atoms with Gasteiger partial charge in [-0.2, -0.15) is 0 Å². The van der Waals surface area contributed by atoms with Crippen LogP contribution in [0.1, 0.15) is 92.4 Å². The van der Waals surface area contributed by atoms with E-state index >= 15 is 0 Å². The molecule has 0 aromatic carbocycles. The van der Waals surface area contributed by atoms with E-state index in [0.29, 0.717) is 48.2 Å². The maximum Gasteiger partial charge on any atom is 0.130 e. The van der Waals surface area contributed by atoms with Crippen LogP contribution >= 0.6 is 0 Å². The van der Waals surface area contributed by atoms with E-state index < -0.39 is 5.60 Å². The first-order valence-corrected chi connectivity index (χ1v) is 13.6. The topological polar surface area (TPSA) is 51.2 Å². The lowest BCUT2D eigenvalue weighted by Crippen LogP contribution is -2.73. The monoisotopic (exact) mass is 444 g/mol. The Hall–Kier alpha value is -0.420. The van der Waals surface area contributed by atoms with E-state index in [1.54, 1.807) is 0 Å². The summed E-state index contributed by atoms with van der Waals surface area (Å²) >= 11 is 0. The average Bonchev–Trinajstić information content (AvgIpc) is 3.49. The van der Waals surface area contributed by atoms with Crippen LogP contribution in [0.5, 0.6) is 0 Å². The largest absolute Gasteiger partial charge is 0.393 e. The van der Waals surface area contributed by atoms with Crippen LogP contribution in [0.2, 0.25) is 0 Å². The summed E-state index contributed by atoms with van der Waals surface area (Å²) in [5.74, 6) is 2.97. The van der Waals surface area contributed by atoms with Gasteiger partial charge in [-0.05, 0) is 74.2 Å². The first-order chi connectivity index (χ1) is 15.2.